The Kier molecular flexibility index (Phi) is 4.78. The molecular weight excluding hydrogens is 234 g/mol. The van der Waals surface area contributed by atoms with E-state index in [-0.39, 0.29) is 0 Å². The van der Waals surface area contributed by atoms with E-state index in [1.165, 1.54) is 77.7 Å². The molecule has 0 spiro atoms. The highest BCUT2D eigenvalue weighted by atomic mass is 15.2. The number of fused-ring (bicyclic) bond motifs is 1. The highest BCUT2D eigenvalue weighted by Crippen LogP contribution is 2.28. The molecule has 3 aliphatic heterocycles. The minimum Gasteiger partial charge on any atom is -0.310 e. The van der Waals surface area contributed by atoms with Crippen molar-refractivity contribution < 1.29 is 0 Å². The van der Waals surface area contributed by atoms with Gasteiger partial charge in [0, 0.05) is 24.7 Å². The number of nitrogens with zero attached hydrogens (tertiary/aromatic N) is 2. The lowest BCUT2D eigenvalue weighted by atomic mass is 9.96. The smallest absolute Gasteiger partial charge is 0.0249 e. The van der Waals surface area contributed by atoms with Crippen molar-refractivity contribution in [2.75, 3.05) is 32.7 Å². The summed E-state index contributed by atoms with van der Waals surface area (Å²) >= 11 is 0. The number of likely N-dealkylation sites (tertiary alicyclic amines) is 1. The van der Waals surface area contributed by atoms with Gasteiger partial charge in [0.1, 0.15) is 0 Å². The molecule has 19 heavy (non-hydrogen) atoms. The molecule has 2 unspecified atom stereocenters. The number of hydrogen-bond acceptors (Lipinski definition) is 3. The summed E-state index contributed by atoms with van der Waals surface area (Å²) in [5.74, 6) is 0. The van der Waals surface area contributed by atoms with Gasteiger partial charge in [0.05, 0.1) is 0 Å². The molecule has 3 heteroatoms. The SMILES string of the molecule is CCCN1CCC(NC2CCN3CCCCC23)CC1. The van der Waals surface area contributed by atoms with Crippen molar-refractivity contribution in [3.8, 4) is 0 Å². The Morgan fingerprint density at radius 1 is 0.947 bits per heavy atom. The summed E-state index contributed by atoms with van der Waals surface area (Å²) in [6.07, 6.45) is 9.74. The van der Waals surface area contributed by atoms with Gasteiger partial charge < -0.3 is 10.2 Å². The molecule has 0 aromatic rings. The fourth-order valence-electron chi connectivity index (χ4n) is 4.38. The average molecular weight is 265 g/mol. The molecule has 0 amide bonds. The van der Waals surface area contributed by atoms with Crippen molar-refractivity contribution in [3.63, 3.8) is 0 Å². The molecule has 0 aromatic carbocycles. The number of rotatable bonds is 4. The summed E-state index contributed by atoms with van der Waals surface area (Å²) in [7, 11) is 0. The first-order chi connectivity index (χ1) is 9.36. The zero-order valence-corrected chi connectivity index (χ0v) is 12.6. The van der Waals surface area contributed by atoms with E-state index < -0.39 is 0 Å². The Hall–Kier alpha value is -0.120. The van der Waals surface area contributed by atoms with Crippen LogP contribution in [0.5, 0.6) is 0 Å². The topological polar surface area (TPSA) is 18.5 Å². The van der Waals surface area contributed by atoms with Crippen LogP contribution in [0.15, 0.2) is 0 Å². The van der Waals surface area contributed by atoms with E-state index in [0.29, 0.717) is 0 Å². The molecule has 0 bridgehead atoms. The summed E-state index contributed by atoms with van der Waals surface area (Å²) in [5.41, 5.74) is 0. The fourth-order valence-corrected chi connectivity index (χ4v) is 4.38. The molecule has 3 heterocycles. The van der Waals surface area contributed by atoms with Gasteiger partial charge in [-0.3, -0.25) is 4.90 Å². The number of hydrogen-bond donors (Lipinski definition) is 1. The van der Waals surface area contributed by atoms with Gasteiger partial charge in [0.25, 0.3) is 0 Å². The molecule has 3 aliphatic rings. The molecule has 2 atom stereocenters. The van der Waals surface area contributed by atoms with Gasteiger partial charge in [-0.25, -0.2) is 0 Å². The van der Waals surface area contributed by atoms with E-state index >= 15 is 0 Å². The van der Waals surface area contributed by atoms with Gasteiger partial charge in [-0.2, -0.15) is 0 Å². The Morgan fingerprint density at radius 2 is 1.79 bits per heavy atom. The van der Waals surface area contributed by atoms with Gasteiger partial charge in [-0.05, 0) is 64.7 Å². The standard InChI is InChI=1S/C16H31N3/c1-2-9-18-11-6-14(7-12-18)17-15-8-13-19-10-4-3-5-16(15)19/h14-17H,2-13H2,1H3. The second-order valence-electron chi connectivity index (χ2n) is 6.78. The third-order valence-electron chi connectivity index (χ3n) is 5.43. The number of piperidine rings is 2. The average Bonchev–Trinajstić information content (AvgIpc) is 2.85. The highest BCUT2D eigenvalue weighted by Gasteiger charge is 2.36. The molecule has 1 N–H and O–H groups in total. The molecule has 3 nitrogen and oxygen atoms in total. The molecule has 3 rings (SSSR count). The van der Waals surface area contributed by atoms with Crippen molar-refractivity contribution in [3.05, 3.63) is 0 Å². The predicted molar refractivity (Wildman–Crippen MR) is 80.5 cm³/mol. The van der Waals surface area contributed by atoms with Gasteiger partial charge >= 0.3 is 0 Å². The van der Waals surface area contributed by atoms with E-state index in [2.05, 4.69) is 22.0 Å². The first-order valence-electron chi connectivity index (χ1n) is 8.59. The van der Waals surface area contributed by atoms with Gasteiger partial charge in [0.15, 0.2) is 0 Å². The van der Waals surface area contributed by atoms with Crippen LogP contribution in [0.3, 0.4) is 0 Å². The molecule has 0 saturated carbocycles. The molecule has 0 aliphatic carbocycles. The summed E-state index contributed by atoms with van der Waals surface area (Å²) in [5, 5.41) is 4.01. The summed E-state index contributed by atoms with van der Waals surface area (Å²) in [6.45, 7) is 8.92. The van der Waals surface area contributed by atoms with Crippen LogP contribution in [-0.2, 0) is 0 Å². The van der Waals surface area contributed by atoms with Crippen molar-refractivity contribution in [1.82, 2.24) is 15.1 Å². The maximum Gasteiger partial charge on any atom is 0.0249 e. The fraction of sp³-hybridized carbons (Fsp3) is 1.00. The summed E-state index contributed by atoms with van der Waals surface area (Å²) < 4.78 is 0. The lowest BCUT2D eigenvalue weighted by molar-refractivity contribution is 0.157. The van der Waals surface area contributed by atoms with Crippen LogP contribution in [0.25, 0.3) is 0 Å². The third kappa shape index (κ3) is 3.32. The quantitative estimate of drug-likeness (QED) is 0.839. The molecule has 0 radical (unpaired) electrons. The van der Waals surface area contributed by atoms with Crippen LogP contribution in [0.4, 0.5) is 0 Å². The van der Waals surface area contributed by atoms with Crippen molar-refractivity contribution in [2.24, 2.45) is 0 Å². The molecule has 3 saturated heterocycles. The summed E-state index contributed by atoms with van der Waals surface area (Å²) in [6, 6.07) is 2.45. The first-order valence-corrected chi connectivity index (χ1v) is 8.59. The van der Waals surface area contributed by atoms with Crippen LogP contribution in [-0.4, -0.2) is 60.6 Å². The normalized spacial score (nSPS) is 34.6. The van der Waals surface area contributed by atoms with Gasteiger partial charge in [-0.15, -0.1) is 0 Å². The van der Waals surface area contributed by atoms with Crippen molar-refractivity contribution in [2.45, 2.75) is 70.0 Å². The Morgan fingerprint density at radius 3 is 2.58 bits per heavy atom. The van der Waals surface area contributed by atoms with E-state index in [4.69, 9.17) is 0 Å². The molecule has 0 aromatic heterocycles. The minimum absolute atomic E-state index is 0.792. The lowest BCUT2D eigenvalue weighted by Crippen LogP contribution is -2.51. The first kappa shape index (κ1) is 13.8. The van der Waals surface area contributed by atoms with Crippen LogP contribution in [0.1, 0.15) is 51.9 Å². The van der Waals surface area contributed by atoms with Crippen molar-refractivity contribution >= 4 is 0 Å². The molecule has 110 valence electrons. The second kappa shape index (κ2) is 6.55. The van der Waals surface area contributed by atoms with E-state index in [1.54, 1.807) is 0 Å². The zero-order valence-electron chi connectivity index (χ0n) is 12.6. The summed E-state index contributed by atoms with van der Waals surface area (Å²) in [4.78, 5) is 5.38. The van der Waals surface area contributed by atoms with Crippen LogP contribution < -0.4 is 5.32 Å². The Balaban J connectivity index is 1.45. The van der Waals surface area contributed by atoms with Crippen LogP contribution in [0.2, 0.25) is 0 Å². The predicted octanol–water partition coefficient (Wildman–Crippen LogP) is 2.08. The third-order valence-corrected chi connectivity index (χ3v) is 5.43. The van der Waals surface area contributed by atoms with Crippen molar-refractivity contribution in [1.29, 1.82) is 0 Å². The van der Waals surface area contributed by atoms with E-state index in [1.807, 2.05) is 0 Å². The highest BCUT2D eigenvalue weighted by molar-refractivity contribution is 4.95. The van der Waals surface area contributed by atoms with Gasteiger partial charge in [-0.1, -0.05) is 13.3 Å². The lowest BCUT2D eigenvalue weighted by Gasteiger charge is -2.37. The second-order valence-corrected chi connectivity index (χ2v) is 6.78. The monoisotopic (exact) mass is 265 g/mol. The maximum atomic E-state index is 4.01. The number of nitrogens with one attached hydrogen (secondary N) is 1. The van der Waals surface area contributed by atoms with Crippen LogP contribution >= 0.6 is 0 Å². The largest absolute Gasteiger partial charge is 0.310 e. The maximum absolute atomic E-state index is 4.01. The zero-order chi connectivity index (χ0) is 13.1. The van der Waals surface area contributed by atoms with E-state index in [9.17, 15) is 0 Å². The Bertz CT molecular complexity index is 273. The molecular formula is C16H31N3. The van der Waals surface area contributed by atoms with Crippen LogP contribution in [0, 0.1) is 0 Å². The Labute approximate surface area is 118 Å². The minimum atomic E-state index is 0.792. The molecule has 3 fully saturated rings. The van der Waals surface area contributed by atoms with E-state index in [0.717, 1.165) is 18.1 Å². The van der Waals surface area contributed by atoms with Gasteiger partial charge in [0.2, 0.25) is 0 Å².